The fourth-order valence-corrected chi connectivity index (χ4v) is 4.84. The van der Waals surface area contributed by atoms with Crippen LogP contribution in [0, 0.1) is 0 Å². The van der Waals surface area contributed by atoms with Gasteiger partial charge >= 0.3 is 0 Å². The van der Waals surface area contributed by atoms with Crippen LogP contribution in [-0.2, 0) is 10.0 Å². The molecule has 2 atom stereocenters. The first-order chi connectivity index (χ1) is 9.19. The normalized spacial score (nSPS) is 28.8. The third kappa shape index (κ3) is 2.40. The topological polar surface area (TPSA) is 62.3 Å². The first-order valence-corrected chi connectivity index (χ1v) is 8.29. The zero-order valence-corrected chi connectivity index (χ0v) is 11.6. The fraction of sp³-hybridized carbons (Fsp3) is 0.615. The van der Waals surface area contributed by atoms with Crippen molar-refractivity contribution < 1.29 is 8.42 Å². The van der Waals surface area contributed by atoms with Gasteiger partial charge in [0.15, 0.2) is 0 Å². The van der Waals surface area contributed by atoms with Crippen molar-refractivity contribution in [2.45, 2.75) is 42.7 Å². The van der Waals surface area contributed by atoms with Gasteiger partial charge in [-0.3, -0.25) is 4.98 Å². The number of nitrogens with one attached hydrogen (secondary N) is 1. The lowest BCUT2D eigenvalue weighted by Gasteiger charge is -2.28. The Balaban J connectivity index is 1.87. The van der Waals surface area contributed by atoms with Gasteiger partial charge in [0, 0.05) is 31.0 Å². The quantitative estimate of drug-likeness (QED) is 0.897. The maximum absolute atomic E-state index is 12.7. The second-order valence-corrected chi connectivity index (χ2v) is 7.11. The largest absolute Gasteiger partial charge is 0.312 e. The predicted octanol–water partition coefficient (Wildman–Crippen LogP) is 0.987. The smallest absolute Gasteiger partial charge is 0.244 e. The minimum absolute atomic E-state index is 0.104. The van der Waals surface area contributed by atoms with Crippen molar-refractivity contribution >= 4 is 10.0 Å². The minimum atomic E-state index is -3.39. The van der Waals surface area contributed by atoms with Gasteiger partial charge in [0.1, 0.15) is 4.90 Å². The summed E-state index contributed by atoms with van der Waals surface area (Å²) in [5.74, 6) is 0. The highest BCUT2D eigenvalue weighted by atomic mass is 32.2. The van der Waals surface area contributed by atoms with Crippen LogP contribution in [0.15, 0.2) is 29.4 Å². The lowest BCUT2D eigenvalue weighted by molar-refractivity contribution is 0.322. The standard InChI is InChI=1S/C13H19N3O2S/c17-19(18,11-4-1-7-14-10-11)16-9-3-6-13(16)12-5-2-8-15-12/h1,4,7,10,12-13,15H,2-3,5-6,8-9H2. The number of sulfonamides is 1. The molecule has 2 aliphatic heterocycles. The van der Waals surface area contributed by atoms with E-state index in [-0.39, 0.29) is 6.04 Å². The molecule has 2 fully saturated rings. The van der Waals surface area contributed by atoms with E-state index in [1.807, 2.05) is 0 Å². The summed E-state index contributed by atoms with van der Waals surface area (Å²) in [6.07, 6.45) is 7.15. The molecule has 0 saturated carbocycles. The zero-order valence-electron chi connectivity index (χ0n) is 10.8. The van der Waals surface area contributed by atoms with E-state index in [1.165, 1.54) is 6.20 Å². The van der Waals surface area contributed by atoms with Gasteiger partial charge in [-0.05, 0) is 44.4 Å². The highest BCUT2D eigenvalue weighted by molar-refractivity contribution is 7.89. The molecule has 2 saturated heterocycles. The first-order valence-electron chi connectivity index (χ1n) is 6.85. The third-order valence-corrected chi connectivity index (χ3v) is 5.96. The highest BCUT2D eigenvalue weighted by Gasteiger charge is 2.40. The van der Waals surface area contributed by atoms with Gasteiger partial charge in [-0.1, -0.05) is 0 Å². The average Bonchev–Trinajstić information content (AvgIpc) is 3.10. The van der Waals surface area contributed by atoms with Crippen LogP contribution in [0.5, 0.6) is 0 Å². The second-order valence-electron chi connectivity index (χ2n) is 5.22. The SMILES string of the molecule is O=S(=O)(c1cccnc1)N1CCCC1C1CCCN1. The predicted molar refractivity (Wildman–Crippen MR) is 72.2 cm³/mol. The summed E-state index contributed by atoms with van der Waals surface area (Å²) in [4.78, 5) is 4.23. The summed E-state index contributed by atoms with van der Waals surface area (Å²) in [7, 11) is -3.39. The van der Waals surface area contributed by atoms with E-state index < -0.39 is 10.0 Å². The lowest BCUT2D eigenvalue weighted by atomic mass is 10.1. The molecular weight excluding hydrogens is 262 g/mol. The third-order valence-electron chi connectivity index (χ3n) is 4.05. The molecule has 0 aliphatic carbocycles. The van der Waals surface area contributed by atoms with E-state index in [0.29, 0.717) is 17.5 Å². The van der Waals surface area contributed by atoms with Crippen molar-refractivity contribution in [3.63, 3.8) is 0 Å². The molecule has 0 spiro atoms. The number of rotatable bonds is 3. The van der Waals surface area contributed by atoms with E-state index >= 15 is 0 Å². The Morgan fingerprint density at radius 2 is 2.21 bits per heavy atom. The van der Waals surface area contributed by atoms with Gasteiger partial charge in [-0.2, -0.15) is 4.31 Å². The molecule has 1 aromatic rings. The molecule has 1 aromatic heterocycles. The van der Waals surface area contributed by atoms with Gasteiger partial charge < -0.3 is 5.32 Å². The highest BCUT2D eigenvalue weighted by Crippen LogP contribution is 2.30. The van der Waals surface area contributed by atoms with Crippen molar-refractivity contribution in [1.82, 2.24) is 14.6 Å². The Hall–Kier alpha value is -0.980. The second kappa shape index (κ2) is 5.19. The molecule has 0 bridgehead atoms. The van der Waals surface area contributed by atoms with Crippen LogP contribution in [0.4, 0.5) is 0 Å². The maximum atomic E-state index is 12.7. The molecule has 19 heavy (non-hydrogen) atoms. The van der Waals surface area contributed by atoms with E-state index in [0.717, 1.165) is 32.2 Å². The van der Waals surface area contributed by atoms with E-state index in [2.05, 4.69) is 10.3 Å². The molecule has 2 aliphatic rings. The van der Waals surface area contributed by atoms with Crippen LogP contribution in [0.3, 0.4) is 0 Å². The van der Waals surface area contributed by atoms with Crippen LogP contribution in [0.1, 0.15) is 25.7 Å². The Bertz CT molecular complexity index is 526. The average molecular weight is 281 g/mol. The van der Waals surface area contributed by atoms with Crippen LogP contribution < -0.4 is 5.32 Å². The van der Waals surface area contributed by atoms with Gasteiger partial charge in [-0.25, -0.2) is 8.42 Å². The number of pyridine rings is 1. The van der Waals surface area contributed by atoms with E-state index in [4.69, 9.17) is 0 Å². The summed E-state index contributed by atoms with van der Waals surface area (Å²) in [5, 5.41) is 3.43. The molecule has 0 radical (unpaired) electrons. The summed E-state index contributed by atoms with van der Waals surface area (Å²) in [6, 6.07) is 3.72. The summed E-state index contributed by atoms with van der Waals surface area (Å²) in [5.41, 5.74) is 0. The monoisotopic (exact) mass is 281 g/mol. The van der Waals surface area contributed by atoms with Crippen molar-refractivity contribution in [3.8, 4) is 0 Å². The van der Waals surface area contributed by atoms with Crippen molar-refractivity contribution in [2.75, 3.05) is 13.1 Å². The molecule has 1 N–H and O–H groups in total. The molecule has 6 heteroatoms. The molecule has 0 aromatic carbocycles. The van der Waals surface area contributed by atoms with Gasteiger partial charge in [0.05, 0.1) is 0 Å². The van der Waals surface area contributed by atoms with Gasteiger partial charge in [0.2, 0.25) is 10.0 Å². The maximum Gasteiger partial charge on any atom is 0.244 e. The molecule has 5 nitrogen and oxygen atoms in total. The lowest BCUT2D eigenvalue weighted by Crippen LogP contribution is -2.46. The fourth-order valence-electron chi connectivity index (χ4n) is 3.14. The Kier molecular flexibility index (Phi) is 3.56. The van der Waals surface area contributed by atoms with Crippen LogP contribution >= 0.6 is 0 Å². The van der Waals surface area contributed by atoms with Crippen LogP contribution in [-0.4, -0.2) is 42.9 Å². The van der Waals surface area contributed by atoms with Crippen LogP contribution in [0.25, 0.3) is 0 Å². The number of nitrogens with zero attached hydrogens (tertiary/aromatic N) is 2. The van der Waals surface area contributed by atoms with Crippen LogP contribution in [0.2, 0.25) is 0 Å². The Morgan fingerprint density at radius 1 is 1.32 bits per heavy atom. The molecule has 104 valence electrons. The molecule has 3 rings (SSSR count). The molecule has 2 unspecified atom stereocenters. The summed E-state index contributed by atoms with van der Waals surface area (Å²) >= 11 is 0. The van der Waals surface area contributed by atoms with Crippen molar-refractivity contribution in [3.05, 3.63) is 24.5 Å². The Labute approximate surface area is 114 Å². The molecule has 0 amide bonds. The first kappa shape index (κ1) is 13.0. The number of hydrogen-bond acceptors (Lipinski definition) is 4. The molecular formula is C13H19N3O2S. The number of aromatic nitrogens is 1. The van der Waals surface area contributed by atoms with E-state index in [9.17, 15) is 8.42 Å². The van der Waals surface area contributed by atoms with Crippen molar-refractivity contribution in [2.24, 2.45) is 0 Å². The van der Waals surface area contributed by atoms with Gasteiger partial charge in [0.25, 0.3) is 0 Å². The summed E-state index contributed by atoms with van der Waals surface area (Å²) < 4.78 is 27.0. The Morgan fingerprint density at radius 3 is 2.89 bits per heavy atom. The minimum Gasteiger partial charge on any atom is -0.312 e. The van der Waals surface area contributed by atoms with Gasteiger partial charge in [-0.15, -0.1) is 0 Å². The van der Waals surface area contributed by atoms with Crippen molar-refractivity contribution in [1.29, 1.82) is 0 Å². The summed E-state index contributed by atoms with van der Waals surface area (Å²) in [6.45, 7) is 1.63. The molecule has 3 heterocycles. The number of hydrogen-bond donors (Lipinski definition) is 1. The zero-order chi connectivity index (χ0) is 13.3. The van der Waals surface area contributed by atoms with E-state index in [1.54, 1.807) is 22.6 Å².